The van der Waals surface area contributed by atoms with Gasteiger partial charge in [0.25, 0.3) is 0 Å². The van der Waals surface area contributed by atoms with E-state index in [4.69, 9.17) is 9.47 Å². The summed E-state index contributed by atoms with van der Waals surface area (Å²) in [5.74, 6) is 2.49. The summed E-state index contributed by atoms with van der Waals surface area (Å²) >= 11 is 0. The third kappa shape index (κ3) is 7.41. The van der Waals surface area contributed by atoms with Crippen LogP contribution < -0.4 is 20.1 Å². The van der Waals surface area contributed by atoms with Crippen molar-refractivity contribution in [3.05, 3.63) is 42.2 Å². The van der Waals surface area contributed by atoms with Crippen LogP contribution in [0.1, 0.15) is 37.7 Å². The minimum atomic E-state index is 0. The summed E-state index contributed by atoms with van der Waals surface area (Å²) in [4.78, 5) is 4.31. The Bertz CT molecular complexity index is 746. The van der Waals surface area contributed by atoms with Crippen LogP contribution in [-0.2, 0) is 13.1 Å². The van der Waals surface area contributed by atoms with Gasteiger partial charge in [-0.25, -0.2) is 0 Å². The number of nitrogens with zero attached hydrogens (tertiary/aromatic N) is 3. The van der Waals surface area contributed by atoms with Crippen molar-refractivity contribution in [1.82, 2.24) is 20.4 Å². The molecule has 0 atom stereocenters. The Morgan fingerprint density at radius 2 is 2.10 bits per heavy atom. The summed E-state index contributed by atoms with van der Waals surface area (Å²) < 4.78 is 13.6. The average Bonchev–Trinajstić information content (AvgIpc) is 3.42. The number of rotatable bonds is 9. The molecule has 2 N–H and O–H groups in total. The van der Waals surface area contributed by atoms with Gasteiger partial charge in [0.15, 0.2) is 5.96 Å². The van der Waals surface area contributed by atoms with E-state index in [1.54, 1.807) is 20.4 Å². The molecule has 0 bridgehead atoms. The van der Waals surface area contributed by atoms with Gasteiger partial charge in [0.1, 0.15) is 11.5 Å². The van der Waals surface area contributed by atoms with Crippen molar-refractivity contribution in [2.45, 2.75) is 51.3 Å². The molecule has 0 amide bonds. The minimum absolute atomic E-state index is 0. The summed E-state index contributed by atoms with van der Waals surface area (Å²) in [5.41, 5.74) is 1.10. The number of guanidine groups is 1. The van der Waals surface area contributed by atoms with Crippen LogP contribution in [0.3, 0.4) is 0 Å². The number of halogens is 1. The number of aromatic nitrogens is 2. The molecule has 0 saturated heterocycles. The van der Waals surface area contributed by atoms with Crippen molar-refractivity contribution in [3.8, 4) is 11.5 Å². The van der Waals surface area contributed by atoms with Crippen LogP contribution in [0.4, 0.5) is 0 Å². The maximum Gasteiger partial charge on any atom is 0.191 e. The number of methoxy groups -OCH3 is 1. The Kier molecular flexibility index (Phi) is 10.1. The molecular formula is C21H32IN5O2. The monoisotopic (exact) mass is 513 g/mol. The highest BCUT2D eigenvalue weighted by atomic mass is 127. The first kappa shape index (κ1) is 23.3. The van der Waals surface area contributed by atoms with Gasteiger partial charge in [-0.05, 0) is 50.3 Å². The first-order chi connectivity index (χ1) is 13.8. The van der Waals surface area contributed by atoms with Gasteiger partial charge in [-0.1, -0.05) is 0 Å². The fourth-order valence-electron chi connectivity index (χ4n) is 3.38. The standard InChI is InChI=1S/C21H31N5O2.HI/c1-22-21(23-11-5-13-26-14-6-12-25-26)24-16-17-9-10-19(27-2)15-20(17)28-18-7-3-4-8-18;/h6,9-10,12,14-15,18H,3-5,7-8,11,13,16H2,1-2H3,(H2,22,23,24);1H. The van der Waals surface area contributed by atoms with Gasteiger partial charge < -0.3 is 20.1 Å². The lowest BCUT2D eigenvalue weighted by molar-refractivity contribution is 0.207. The van der Waals surface area contributed by atoms with Gasteiger partial charge in [0.2, 0.25) is 0 Å². The second-order valence-corrected chi connectivity index (χ2v) is 6.97. The fraction of sp³-hybridized carbons (Fsp3) is 0.524. The van der Waals surface area contributed by atoms with E-state index < -0.39 is 0 Å². The number of aryl methyl sites for hydroxylation is 1. The van der Waals surface area contributed by atoms with Crippen molar-refractivity contribution in [2.24, 2.45) is 4.99 Å². The predicted octanol–water partition coefficient (Wildman–Crippen LogP) is 3.59. The Balaban J connectivity index is 0.00000300. The maximum atomic E-state index is 6.26. The van der Waals surface area contributed by atoms with Crippen LogP contribution in [0, 0.1) is 0 Å². The van der Waals surface area contributed by atoms with Crippen molar-refractivity contribution in [1.29, 1.82) is 0 Å². The number of ether oxygens (including phenoxy) is 2. The lowest BCUT2D eigenvalue weighted by Gasteiger charge is -2.19. The largest absolute Gasteiger partial charge is 0.497 e. The number of hydrogen-bond donors (Lipinski definition) is 2. The molecule has 3 rings (SSSR count). The lowest BCUT2D eigenvalue weighted by Crippen LogP contribution is -2.37. The second kappa shape index (κ2) is 12.6. The predicted molar refractivity (Wildman–Crippen MR) is 126 cm³/mol. The molecule has 0 spiro atoms. The number of aliphatic imine (C=N–C) groups is 1. The number of hydrogen-bond acceptors (Lipinski definition) is 4. The molecule has 1 aromatic heterocycles. The third-order valence-corrected chi connectivity index (χ3v) is 4.96. The van der Waals surface area contributed by atoms with Crippen LogP contribution in [0.15, 0.2) is 41.7 Å². The first-order valence-electron chi connectivity index (χ1n) is 10.0. The van der Waals surface area contributed by atoms with Crippen LogP contribution in [0.5, 0.6) is 11.5 Å². The molecule has 0 radical (unpaired) electrons. The highest BCUT2D eigenvalue weighted by molar-refractivity contribution is 14.0. The molecule has 0 aliphatic heterocycles. The molecule has 1 saturated carbocycles. The van der Waals surface area contributed by atoms with E-state index in [1.165, 1.54) is 12.8 Å². The van der Waals surface area contributed by atoms with Gasteiger partial charge in [-0.15, -0.1) is 24.0 Å². The van der Waals surface area contributed by atoms with Crippen LogP contribution in [0.2, 0.25) is 0 Å². The van der Waals surface area contributed by atoms with Gasteiger partial charge in [0, 0.05) is 50.7 Å². The van der Waals surface area contributed by atoms with Gasteiger partial charge in [0.05, 0.1) is 13.2 Å². The SMILES string of the molecule is CN=C(NCCCn1cccn1)NCc1ccc(OC)cc1OC1CCCC1.I. The van der Waals surface area contributed by atoms with Gasteiger partial charge in [-0.3, -0.25) is 9.67 Å². The molecule has 1 aromatic carbocycles. The Labute approximate surface area is 190 Å². The Hall–Kier alpha value is -1.97. The van der Waals surface area contributed by atoms with Crippen LogP contribution in [0.25, 0.3) is 0 Å². The van der Waals surface area contributed by atoms with Gasteiger partial charge >= 0.3 is 0 Å². The molecule has 7 nitrogen and oxygen atoms in total. The molecular weight excluding hydrogens is 481 g/mol. The second-order valence-electron chi connectivity index (χ2n) is 6.97. The molecule has 0 unspecified atom stereocenters. The number of benzene rings is 1. The normalized spacial score (nSPS) is 14.3. The molecule has 1 heterocycles. The lowest BCUT2D eigenvalue weighted by atomic mass is 10.2. The third-order valence-electron chi connectivity index (χ3n) is 4.96. The quantitative estimate of drug-likeness (QED) is 0.232. The summed E-state index contributed by atoms with van der Waals surface area (Å²) in [6.07, 6.45) is 9.81. The van der Waals surface area contributed by atoms with Crippen molar-refractivity contribution < 1.29 is 9.47 Å². The van der Waals surface area contributed by atoms with Crippen LogP contribution in [-0.4, -0.2) is 42.5 Å². The molecule has 29 heavy (non-hydrogen) atoms. The number of nitrogens with one attached hydrogen (secondary N) is 2. The molecule has 160 valence electrons. The topological polar surface area (TPSA) is 72.7 Å². The molecule has 1 aliphatic rings. The van der Waals surface area contributed by atoms with E-state index in [0.717, 1.165) is 55.4 Å². The van der Waals surface area contributed by atoms with E-state index in [0.29, 0.717) is 12.6 Å². The van der Waals surface area contributed by atoms with E-state index in [-0.39, 0.29) is 24.0 Å². The van der Waals surface area contributed by atoms with Crippen LogP contribution >= 0.6 is 24.0 Å². The summed E-state index contributed by atoms with van der Waals surface area (Å²) in [6.45, 7) is 2.35. The Morgan fingerprint density at radius 3 is 2.79 bits per heavy atom. The highest BCUT2D eigenvalue weighted by Crippen LogP contribution is 2.29. The summed E-state index contributed by atoms with van der Waals surface area (Å²) in [7, 11) is 3.47. The van der Waals surface area contributed by atoms with Crippen molar-refractivity contribution in [3.63, 3.8) is 0 Å². The summed E-state index contributed by atoms with van der Waals surface area (Å²) in [5, 5.41) is 10.9. The molecule has 2 aromatic rings. The molecule has 1 aliphatic carbocycles. The van der Waals surface area contributed by atoms with E-state index in [2.05, 4.69) is 26.8 Å². The van der Waals surface area contributed by atoms with E-state index in [1.807, 2.05) is 29.1 Å². The zero-order chi connectivity index (χ0) is 19.6. The Morgan fingerprint density at radius 1 is 1.28 bits per heavy atom. The smallest absolute Gasteiger partial charge is 0.191 e. The zero-order valence-electron chi connectivity index (χ0n) is 17.3. The first-order valence-corrected chi connectivity index (χ1v) is 10.0. The van der Waals surface area contributed by atoms with Gasteiger partial charge in [-0.2, -0.15) is 5.10 Å². The van der Waals surface area contributed by atoms with E-state index in [9.17, 15) is 0 Å². The van der Waals surface area contributed by atoms with E-state index >= 15 is 0 Å². The highest BCUT2D eigenvalue weighted by Gasteiger charge is 2.18. The minimum Gasteiger partial charge on any atom is -0.497 e. The van der Waals surface area contributed by atoms with Crippen molar-refractivity contribution in [2.75, 3.05) is 20.7 Å². The fourth-order valence-corrected chi connectivity index (χ4v) is 3.38. The summed E-state index contributed by atoms with van der Waals surface area (Å²) in [6, 6.07) is 7.95. The maximum absolute atomic E-state index is 6.26. The zero-order valence-corrected chi connectivity index (χ0v) is 19.6. The molecule has 8 heteroatoms. The molecule has 1 fully saturated rings. The average molecular weight is 513 g/mol. The van der Waals surface area contributed by atoms with Crippen molar-refractivity contribution >= 4 is 29.9 Å².